The standard InChI is InChI=1S/C16H15BrN2O2/c17-13-6-5-11(9-14(13)18)16(20)19-7-8-21-15-4-2-1-3-12(15)10-19/h1-6,9H,7-8,10,18H2. The predicted molar refractivity (Wildman–Crippen MR) is 85.2 cm³/mol. The number of halogens is 1. The zero-order valence-corrected chi connectivity index (χ0v) is 13.0. The summed E-state index contributed by atoms with van der Waals surface area (Å²) >= 11 is 3.34. The van der Waals surface area contributed by atoms with Crippen molar-refractivity contribution in [3.05, 3.63) is 58.1 Å². The van der Waals surface area contributed by atoms with Crippen LogP contribution in [0.5, 0.6) is 5.75 Å². The Hall–Kier alpha value is -2.01. The highest BCUT2D eigenvalue weighted by Crippen LogP contribution is 2.25. The number of fused-ring (bicyclic) bond motifs is 1. The molecule has 0 aromatic heterocycles. The fourth-order valence-electron chi connectivity index (χ4n) is 2.36. The van der Waals surface area contributed by atoms with Crippen LogP contribution < -0.4 is 10.5 Å². The maximum absolute atomic E-state index is 12.6. The summed E-state index contributed by atoms with van der Waals surface area (Å²) in [4.78, 5) is 14.4. The Morgan fingerprint density at radius 1 is 1.24 bits per heavy atom. The summed E-state index contributed by atoms with van der Waals surface area (Å²) in [5.74, 6) is 0.817. The third-order valence-corrected chi connectivity index (χ3v) is 4.20. The first-order chi connectivity index (χ1) is 10.1. The molecule has 4 nitrogen and oxygen atoms in total. The Morgan fingerprint density at radius 2 is 2.05 bits per heavy atom. The lowest BCUT2D eigenvalue weighted by molar-refractivity contribution is 0.0733. The first kappa shape index (κ1) is 13.9. The van der Waals surface area contributed by atoms with Crippen molar-refractivity contribution in [1.29, 1.82) is 0 Å². The number of nitrogens with zero attached hydrogens (tertiary/aromatic N) is 1. The molecule has 21 heavy (non-hydrogen) atoms. The predicted octanol–water partition coefficient (Wildman–Crippen LogP) is 3.07. The van der Waals surface area contributed by atoms with Crippen molar-refractivity contribution in [2.75, 3.05) is 18.9 Å². The molecule has 5 heteroatoms. The van der Waals surface area contributed by atoms with E-state index in [1.807, 2.05) is 24.3 Å². The molecule has 0 bridgehead atoms. The number of ether oxygens (including phenoxy) is 1. The largest absolute Gasteiger partial charge is 0.491 e. The summed E-state index contributed by atoms with van der Waals surface area (Å²) in [5.41, 5.74) is 8.03. The van der Waals surface area contributed by atoms with E-state index in [0.29, 0.717) is 30.9 Å². The van der Waals surface area contributed by atoms with Gasteiger partial charge in [-0.1, -0.05) is 18.2 Å². The highest BCUT2D eigenvalue weighted by Gasteiger charge is 2.21. The van der Waals surface area contributed by atoms with Crippen LogP contribution in [-0.2, 0) is 6.54 Å². The summed E-state index contributed by atoms with van der Waals surface area (Å²) in [6.07, 6.45) is 0. The molecule has 0 atom stereocenters. The minimum atomic E-state index is -0.0329. The molecule has 2 aromatic carbocycles. The normalized spacial score (nSPS) is 14.0. The van der Waals surface area contributed by atoms with Gasteiger partial charge >= 0.3 is 0 Å². The van der Waals surface area contributed by atoms with Crippen LogP contribution in [0.4, 0.5) is 5.69 Å². The number of anilines is 1. The van der Waals surface area contributed by atoms with E-state index >= 15 is 0 Å². The van der Waals surface area contributed by atoms with Gasteiger partial charge in [0.05, 0.1) is 6.54 Å². The maximum Gasteiger partial charge on any atom is 0.254 e. The van der Waals surface area contributed by atoms with Gasteiger partial charge in [0.25, 0.3) is 5.91 Å². The summed E-state index contributed by atoms with van der Waals surface area (Å²) < 4.78 is 6.48. The van der Waals surface area contributed by atoms with Crippen LogP contribution in [0.1, 0.15) is 15.9 Å². The van der Waals surface area contributed by atoms with E-state index in [1.165, 1.54) is 0 Å². The summed E-state index contributed by atoms with van der Waals surface area (Å²) in [7, 11) is 0. The molecule has 0 saturated carbocycles. The number of hydrogen-bond donors (Lipinski definition) is 1. The Bertz CT molecular complexity index is 688. The number of rotatable bonds is 1. The Morgan fingerprint density at radius 3 is 2.86 bits per heavy atom. The number of nitrogen functional groups attached to an aromatic ring is 1. The smallest absolute Gasteiger partial charge is 0.254 e. The van der Waals surface area contributed by atoms with Gasteiger partial charge in [0.1, 0.15) is 12.4 Å². The second-order valence-electron chi connectivity index (χ2n) is 4.92. The van der Waals surface area contributed by atoms with Crippen LogP contribution in [0.2, 0.25) is 0 Å². The van der Waals surface area contributed by atoms with E-state index in [4.69, 9.17) is 10.5 Å². The van der Waals surface area contributed by atoms with Crippen LogP contribution in [0.25, 0.3) is 0 Å². The Kier molecular flexibility index (Phi) is 3.84. The molecule has 1 aliphatic rings. The number of para-hydroxylation sites is 1. The highest BCUT2D eigenvalue weighted by atomic mass is 79.9. The van der Waals surface area contributed by atoms with Gasteiger partial charge in [-0.15, -0.1) is 0 Å². The van der Waals surface area contributed by atoms with Crippen LogP contribution in [0, 0.1) is 0 Å². The molecule has 2 N–H and O–H groups in total. The van der Waals surface area contributed by atoms with E-state index in [-0.39, 0.29) is 5.91 Å². The molecule has 1 aliphatic heterocycles. The van der Waals surface area contributed by atoms with Crippen LogP contribution in [0.15, 0.2) is 46.9 Å². The number of carbonyl (C=O) groups excluding carboxylic acids is 1. The van der Waals surface area contributed by atoms with E-state index in [0.717, 1.165) is 15.8 Å². The molecule has 108 valence electrons. The van der Waals surface area contributed by atoms with Crippen molar-refractivity contribution in [2.45, 2.75) is 6.54 Å². The summed E-state index contributed by atoms with van der Waals surface area (Å²) in [6, 6.07) is 13.1. The third-order valence-electron chi connectivity index (χ3n) is 3.48. The second-order valence-corrected chi connectivity index (χ2v) is 5.77. The summed E-state index contributed by atoms with van der Waals surface area (Å²) in [5, 5.41) is 0. The first-order valence-electron chi connectivity index (χ1n) is 6.70. The van der Waals surface area contributed by atoms with Crippen molar-refractivity contribution in [3.63, 3.8) is 0 Å². The minimum absolute atomic E-state index is 0.0329. The second kappa shape index (κ2) is 5.77. The molecular weight excluding hydrogens is 332 g/mol. The average molecular weight is 347 g/mol. The fraction of sp³-hybridized carbons (Fsp3) is 0.188. The highest BCUT2D eigenvalue weighted by molar-refractivity contribution is 9.10. The number of carbonyl (C=O) groups is 1. The molecule has 0 saturated heterocycles. The number of amides is 1. The Labute approximate surface area is 131 Å². The van der Waals surface area contributed by atoms with Crippen molar-refractivity contribution in [2.24, 2.45) is 0 Å². The van der Waals surface area contributed by atoms with E-state index in [1.54, 1.807) is 23.1 Å². The molecule has 0 fully saturated rings. The lowest BCUT2D eigenvalue weighted by atomic mass is 10.1. The average Bonchev–Trinajstić information content (AvgIpc) is 2.71. The van der Waals surface area contributed by atoms with E-state index < -0.39 is 0 Å². The van der Waals surface area contributed by atoms with Crippen molar-refractivity contribution in [3.8, 4) is 5.75 Å². The molecule has 1 amide bonds. The number of hydrogen-bond acceptors (Lipinski definition) is 3. The number of nitrogens with two attached hydrogens (primary N) is 1. The zero-order chi connectivity index (χ0) is 14.8. The molecule has 0 spiro atoms. The first-order valence-corrected chi connectivity index (χ1v) is 7.49. The van der Waals surface area contributed by atoms with Gasteiger partial charge in [-0.25, -0.2) is 0 Å². The van der Waals surface area contributed by atoms with Gasteiger partial charge in [0, 0.05) is 27.8 Å². The van der Waals surface area contributed by atoms with Crippen molar-refractivity contribution in [1.82, 2.24) is 4.90 Å². The van der Waals surface area contributed by atoms with Crippen LogP contribution in [0.3, 0.4) is 0 Å². The van der Waals surface area contributed by atoms with Crippen molar-refractivity contribution < 1.29 is 9.53 Å². The van der Waals surface area contributed by atoms with Gasteiger partial charge < -0.3 is 15.4 Å². The van der Waals surface area contributed by atoms with Gasteiger partial charge in [0.2, 0.25) is 0 Å². The van der Waals surface area contributed by atoms with Crippen LogP contribution >= 0.6 is 15.9 Å². The molecule has 2 aromatic rings. The van der Waals surface area contributed by atoms with Crippen LogP contribution in [-0.4, -0.2) is 24.0 Å². The lowest BCUT2D eigenvalue weighted by Gasteiger charge is -2.20. The zero-order valence-electron chi connectivity index (χ0n) is 11.4. The van der Waals surface area contributed by atoms with Gasteiger partial charge in [-0.2, -0.15) is 0 Å². The fourth-order valence-corrected chi connectivity index (χ4v) is 2.61. The van der Waals surface area contributed by atoms with Crippen molar-refractivity contribution >= 4 is 27.5 Å². The minimum Gasteiger partial charge on any atom is -0.491 e. The monoisotopic (exact) mass is 346 g/mol. The topological polar surface area (TPSA) is 55.6 Å². The summed E-state index contributed by atoms with van der Waals surface area (Å²) in [6.45, 7) is 1.60. The van der Waals surface area contributed by atoms with Gasteiger partial charge in [0.15, 0.2) is 0 Å². The maximum atomic E-state index is 12.6. The van der Waals surface area contributed by atoms with E-state index in [2.05, 4.69) is 15.9 Å². The SMILES string of the molecule is Nc1cc(C(=O)N2CCOc3ccccc3C2)ccc1Br. The lowest BCUT2D eigenvalue weighted by Crippen LogP contribution is -2.32. The molecule has 0 aliphatic carbocycles. The molecule has 0 unspecified atom stereocenters. The molecule has 3 rings (SSSR count). The molecule has 0 radical (unpaired) electrons. The van der Waals surface area contributed by atoms with Gasteiger partial charge in [-0.05, 0) is 40.2 Å². The van der Waals surface area contributed by atoms with E-state index in [9.17, 15) is 4.79 Å². The van der Waals surface area contributed by atoms with Gasteiger partial charge in [-0.3, -0.25) is 4.79 Å². The number of benzene rings is 2. The molecular formula is C16H15BrN2O2. The quantitative estimate of drug-likeness (QED) is 0.807. The third kappa shape index (κ3) is 2.88. The Balaban J connectivity index is 1.86. The molecule has 1 heterocycles.